The molecule has 0 bridgehead atoms. The lowest BCUT2D eigenvalue weighted by Crippen LogP contribution is -2.33. The average Bonchev–Trinajstić information content (AvgIpc) is 2.62. The number of anilines is 1. The molecule has 2 aromatic rings. The van der Waals surface area contributed by atoms with Crippen molar-refractivity contribution in [1.82, 2.24) is 0 Å². The van der Waals surface area contributed by atoms with Crippen molar-refractivity contribution in [2.75, 3.05) is 10.8 Å². The van der Waals surface area contributed by atoms with Gasteiger partial charge in [-0.05, 0) is 37.3 Å². The van der Waals surface area contributed by atoms with Crippen LogP contribution in [-0.2, 0) is 10.0 Å². The molecule has 0 amide bonds. The Balaban J connectivity index is 2.22. The Hall–Kier alpha value is -1.70. The summed E-state index contributed by atoms with van der Waals surface area (Å²) in [5.41, 5.74) is 0.104. The van der Waals surface area contributed by atoms with Gasteiger partial charge in [0.2, 0.25) is 0 Å². The van der Waals surface area contributed by atoms with E-state index in [1.807, 2.05) is 0 Å². The van der Waals surface area contributed by atoms with Crippen molar-refractivity contribution in [3.05, 3.63) is 58.6 Å². The molecular weight excluding hydrogens is 372 g/mol. The molecule has 8 heteroatoms. The Bertz CT molecular complexity index is 949. The molecule has 1 atom stereocenters. The highest BCUT2D eigenvalue weighted by Crippen LogP contribution is 2.44. The molecule has 4 nitrogen and oxygen atoms in total. The SMILES string of the molecule is [2H]C1(O)c2cc(Cl)ccc2N(S(=O)(=O)c2ccc(C)cc2)CCC1(F)F. The lowest BCUT2D eigenvalue weighted by molar-refractivity contribution is -0.111. The van der Waals surface area contributed by atoms with Gasteiger partial charge in [-0.3, -0.25) is 4.31 Å². The van der Waals surface area contributed by atoms with Gasteiger partial charge in [-0.2, -0.15) is 0 Å². The molecular formula is C17H16ClF2NO3S. The van der Waals surface area contributed by atoms with Crippen molar-refractivity contribution in [3.8, 4) is 0 Å². The second-order valence-electron chi connectivity index (χ2n) is 5.85. The summed E-state index contributed by atoms with van der Waals surface area (Å²) in [6.07, 6.45) is -4.31. The fraction of sp³-hybridized carbons (Fsp3) is 0.294. The molecule has 1 aliphatic heterocycles. The van der Waals surface area contributed by atoms with Gasteiger partial charge in [-0.25, -0.2) is 17.2 Å². The van der Waals surface area contributed by atoms with Gasteiger partial charge in [-0.15, -0.1) is 0 Å². The zero-order valence-corrected chi connectivity index (χ0v) is 14.8. The number of alkyl halides is 2. The summed E-state index contributed by atoms with van der Waals surface area (Å²) in [4.78, 5) is -0.0669. The molecule has 1 unspecified atom stereocenters. The highest BCUT2D eigenvalue weighted by molar-refractivity contribution is 7.92. The summed E-state index contributed by atoms with van der Waals surface area (Å²) in [5.74, 6) is -3.86. The van der Waals surface area contributed by atoms with E-state index in [0.717, 1.165) is 15.9 Å². The van der Waals surface area contributed by atoms with E-state index in [4.69, 9.17) is 13.0 Å². The van der Waals surface area contributed by atoms with Crippen molar-refractivity contribution in [1.29, 1.82) is 0 Å². The molecule has 1 heterocycles. The van der Waals surface area contributed by atoms with Crippen LogP contribution in [-0.4, -0.2) is 26.0 Å². The molecule has 3 rings (SSSR count). The number of rotatable bonds is 2. The third kappa shape index (κ3) is 3.23. The predicted octanol–water partition coefficient (Wildman–Crippen LogP) is 3.92. The Morgan fingerprint density at radius 3 is 2.56 bits per heavy atom. The quantitative estimate of drug-likeness (QED) is 0.848. The van der Waals surface area contributed by atoms with E-state index in [1.54, 1.807) is 19.1 Å². The summed E-state index contributed by atoms with van der Waals surface area (Å²) < 4.78 is 63.4. The normalized spacial score (nSPS) is 23.6. The molecule has 0 spiro atoms. The van der Waals surface area contributed by atoms with Crippen LogP contribution in [0, 0.1) is 6.92 Å². The lowest BCUT2D eigenvalue weighted by Gasteiger charge is -2.24. The van der Waals surface area contributed by atoms with Crippen LogP contribution < -0.4 is 4.31 Å². The number of aliphatic hydroxyl groups is 1. The first-order chi connectivity index (χ1) is 12.0. The number of hydrogen-bond acceptors (Lipinski definition) is 3. The molecule has 0 radical (unpaired) electrons. The lowest BCUT2D eigenvalue weighted by atomic mass is 10.0. The van der Waals surface area contributed by atoms with E-state index in [1.165, 1.54) is 24.3 Å². The van der Waals surface area contributed by atoms with E-state index in [-0.39, 0.29) is 15.6 Å². The van der Waals surface area contributed by atoms with E-state index >= 15 is 0 Å². The minimum absolute atomic E-state index is 0.0137. The Morgan fingerprint density at radius 2 is 1.92 bits per heavy atom. The van der Waals surface area contributed by atoms with Crippen molar-refractivity contribution >= 4 is 27.3 Å². The first-order valence-corrected chi connectivity index (χ1v) is 9.28. The second-order valence-corrected chi connectivity index (χ2v) is 8.15. The van der Waals surface area contributed by atoms with Crippen LogP contribution in [0.2, 0.25) is 5.02 Å². The minimum Gasteiger partial charge on any atom is -0.382 e. The standard InChI is InChI=1S/C17H16ClF2NO3S/c1-11-2-5-13(6-3-11)25(23,24)21-9-8-17(19,20)16(22)14-10-12(18)4-7-15(14)21/h2-7,10,16,22H,8-9H2,1H3/i16D. The Morgan fingerprint density at radius 1 is 1.28 bits per heavy atom. The number of benzene rings is 2. The second kappa shape index (κ2) is 6.23. The van der Waals surface area contributed by atoms with Gasteiger partial charge in [0, 0.05) is 23.6 Å². The fourth-order valence-electron chi connectivity index (χ4n) is 2.68. The summed E-state index contributed by atoms with van der Waals surface area (Å²) in [6.45, 7) is 1.21. The van der Waals surface area contributed by atoms with Gasteiger partial charge < -0.3 is 5.11 Å². The van der Waals surface area contributed by atoms with Gasteiger partial charge in [0.15, 0.2) is 0 Å². The van der Waals surface area contributed by atoms with E-state index in [9.17, 15) is 22.3 Å². The molecule has 134 valence electrons. The van der Waals surface area contributed by atoms with Gasteiger partial charge >= 0.3 is 0 Å². The van der Waals surface area contributed by atoms with Crippen molar-refractivity contribution in [2.24, 2.45) is 0 Å². The molecule has 0 saturated heterocycles. The zero-order chi connectivity index (χ0) is 19.3. The smallest absolute Gasteiger partial charge is 0.279 e. The van der Waals surface area contributed by atoms with Crippen LogP contribution in [0.15, 0.2) is 47.4 Å². The first-order valence-electron chi connectivity index (χ1n) is 7.96. The van der Waals surface area contributed by atoms with Crippen LogP contribution in [0.25, 0.3) is 0 Å². The predicted molar refractivity (Wildman–Crippen MR) is 91.7 cm³/mol. The van der Waals surface area contributed by atoms with Gasteiger partial charge in [0.25, 0.3) is 15.9 Å². The topological polar surface area (TPSA) is 57.6 Å². The van der Waals surface area contributed by atoms with E-state index in [2.05, 4.69) is 0 Å². The molecule has 0 aromatic heterocycles. The van der Waals surface area contributed by atoms with E-state index < -0.39 is 40.6 Å². The summed E-state index contributed by atoms with van der Waals surface area (Å²) in [6, 6.07) is 9.53. The van der Waals surface area contributed by atoms with Crippen LogP contribution in [0.1, 0.15) is 25.0 Å². The molecule has 25 heavy (non-hydrogen) atoms. The summed E-state index contributed by atoms with van der Waals surface area (Å²) in [7, 11) is -4.17. The number of sulfonamides is 1. The van der Waals surface area contributed by atoms with Crippen molar-refractivity contribution in [2.45, 2.75) is 30.2 Å². The first kappa shape index (κ1) is 16.8. The van der Waals surface area contributed by atoms with Gasteiger partial charge in [0.05, 0.1) is 12.0 Å². The van der Waals surface area contributed by atoms with Crippen LogP contribution in [0.4, 0.5) is 14.5 Å². The fourth-order valence-corrected chi connectivity index (χ4v) is 4.34. The number of halogens is 3. The average molecular weight is 389 g/mol. The minimum atomic E-state index is -4.17. The molecule has 2 aromatic carbocycles. The zero-order valence-electron chi connectivity index (χ0n) is 14.2. The highest BCUT2D eigenvalue weighted by Gasteiger charge is 2.45. The largest absolute Gasteiger partial charge is 0.382 e. The van der Waals surface area contributed by atoms with Crippen molar-refractivity contribution in [3.63, 3.8) is 0 Å². The summed E-state index contributed by atoms with van der Waals surface area (Å²) in [5, 5.41) is 10.2. The summed E-state index contributed by atoms with van der Waals surface area (Å²) >= 11 is 5.84. The molecule has 1 N–H and O–H groups in total. The maximum atomic E-state index is 14.4. The molecule has 0 aliphatic carbocycles. The molecule has 0 fully saturated rings. The third-order valence-electron chi connectivity index (χ3n) is 4.07. The number of nitrogens with zero attached hydrogens (tertiary/aromatic N) is 1. The third-order valence-corrected chi connectivity index (χ3v) is 6.13. The molecule has 0 saturated carbocycles. The highest BCUT2D eigenvalue weighted by atomic mass is 35.5. The number of aryl methyl sites for hydroxylation is 1. The van der Waals surface area contributed by atoms with Crippen LogP contribution >= 0.6 is 11.6 Å². The maximum Gasteiger partial charge on any atom is 0.279 e. The van der Waals surface area contributed by atoms with Gasteiger partial charge in [-0.1, -0.05) is 29.3 Å². The Kier molecular flexibility index (Phi) is 4.17. The van der Waals surface area contributed by atoms with Crippen LogP contribution in [0.3, 0.4) is 0 Å². The van der Waals surface area contributed by atoms with Crippen molar-refractivity contribution < 1.29 is 23.7 Å². The van der Waals surface area contributed by atoms with E-state index in [0.29, 0.717) is 0 Å². The monoisotopic (exact) mass is 388 g/mol. The Labute approximate surface area is 151 Å². The van der Waals surface area contributed by atoms with Gasteiger partial charge in [0.1, 0.15) is 6.08 Å². The maximum absolute atomic E-state index is 14.4. The number of hydrogen-bond donors (Lipinski definition) is 1. The number of fused-ring (bicyclic) bond motifs is 1. The molecule has 1 aliphatic rings. The van der Waals surface area contributed by atoms with Crippen LogP contribution in [0.5, 0.6) is 0 Å².